The van der Waals surface area contributed by atoms with E-state index in [4.69, 9.17) is 4.74 Å². The number of nitrogens with one attached hydrogen (secondary N) is 2. The molecule has 5 aromatic rings. The van der Waals surface area contributed by atoms with Crippen LogP contribution in [-0.4, -0.2) is 38.5 Å². The molecule has 0 saturated heterocycles. The number of ether oxygens (including phenoxy) is 1. The number of anilines is 1. The molecule has 3 aromatic carbocycles. The molecule has 0 saturated carbocycles. The third-order valence-corrected chi connectivity index (χ3v) is 6.34. The zero-order valence-corrected chi connectivity index (χ0v) is 19.6. The van der Waals surface area contributed by atoms with Crippen LogP contribution in [0.3, 0.4) is 0 Å². The minimum absolute atomic E-state index is 0.107. The minimum atomic E-state index is -0.107. The van der Waals surface area contributed by atoms with Gasteiger partial charge in [-0.1, -0.05) is 48.2 Å². The average Bonchev–Trinajstić information content (AvgIpc) is 3.47. The molecule has 0 radical (unpaired) electrons. The van der Waals surface area contributed by atoms with Gasteiger partial charge in [-0.05, 0) is 42.8 Å². The monoisotopic (exact) mass is 469 g/mol. The molecule has 0 atom stereocenters. The number of amides is 1. The highest BCUT2D eigenvalue weighted by Crippen LogP contribution is 2.33. The SMILES string of the molecule is COc1cccc(-n2c(SCC(=O)Nc3cccc(C)c3)nnc2-c2c[nH]c3ccccc23)c1. The fraction of sp³-hybridized carbons (Fsp3) is 0.115. The molecular formula is C26H23N5O2S. The van der Waals surface area contributed by atoms with Crippen LogP contribution in [0.25, 0.3) is 28.0 Å². The number of thioether (sulfide) groups is 1. The van der Waals surface area contributed by atoms with Crippen LogP contribution in [0.5, 0.6) is 5.75 Å². The van der Waals surface area contributed by atoms with Gasteiger partial charge < -0.3 is 15.0 Å². The zero-order valence-electron chi connectivity index (χ0n) is 18.8. The van der Waals surface area contributed by atoms with E-state index in [-0.39, 0.29) is 11.7 Å². The topological polar surface area (TPSA) is 84.8 Å². The van der Waals surface area contributed by atoms with Gasteiger partial charge in [-0.3, -0.25) is 9.36 Å². The highest BCUT2D eigenvalue weighted by atomic mass is 32.2. The smallest absolute Gasteiger partial charge is 0.234 e. The van der Waals surface area contributed by atoms with Crippen molar-refractivity contribution in [2.45, 2.75) is 12.1 Å². The Morgan fingerprint density at radius 1 is 1.06 bits per heavy atom. The first-order chi connectivity index (χ1) is 16.6. The summed E-state index contributed by atoms with van der Waals surface area (Å²) >= 11 is 1.34. The Kier molecular flexibility index (Phi) is 6.05. The predicted octanol–water partition coefficient (Wildman–Crippen LogP) is 5.46. The van der Waals surface area contributed by atoms with Gasteiger partial charge in [0, 0.05) is 34.4 Å². The van der Waals surface area contributed by atoms with E-state index in [1.807, 2.05) is 90.5 Å². The Balaban J connectivity index is 1.49. The third kappa shape index (κ3) is 4.40. The van der Waals surface area contributed by atoms with Crippen LogP contribution >= 0.6 is 11.8 Å². The number of benzene rings is 3. The first kappa shape index (κ1) is 21.8. The maximum atomic E-state index is 12.6. The van der Waals surface area contributed by atoms with E-state index in [0.717, 1.165) is 39.2 Å². The summed E-state index contributed by atoms with van der Waals surface area (Å²) in [6, 6.07) is 23.5. The second-order valence-electron chi connectivity index (χ2n) is 7.80. The van der Waals surface area contributed by atoms with E-state index >= 15 is 0 Å². The van der Waals surface area contributed by atoms with E-state index in [9.17, 15) is 4.79 Å². The zero-order chi connectivity index (χ0) is 23.5. The predicted molar refractivity (Wildman–Crippen MR) is 136 cm³/mol. The Morgan fingerprint density at radius 3 is 2.76 bits per heavy atom. The van der Waals surface area contributed by atoms with Crippen LogP contribution < -0.4 is 10.1 Å². The van der Waals surface area contributed by atoms with Crippen molar-refractivity contribution in [1.29, 1.82) is 0 Å². The number of aryl methyl sites for hydroxylation is 1. The number of carbonyl (C=O) groups is 1. The highest BCUT2D eigenvalue weighted by Gasteiger charge is 2.20. The molecule has 0 spiro atoms. The van der Waals surface area contributed by atoms with Crippen molar-refractivity contribution in [3.05, 3.63) is 84.6 Å². The van der Waals surface area contributed by atoms with Crippen molar-refractivity contribution in [1.82, 2.24) is 19.7 Å². The fourth-order valence-corrected chi connectivity index (χ4v) is 4.58. The summed E-state index contributed by atoms with van der Waals surface area (Å²) in [7, 11) is 1.64. The maximum Gasteiger partial charge on any atom is 0.234 e. The molecular weight excluding hydrogens is 446 g/mol. The van der Waals surface area contributed by atoms with E-state index in [1.54, 1.807) is 7.11 Å². The highest BCUT2D eigenvalue weighted by molar-refractivity contribution is 7.99. The molecule has 2 N–H and O–H groups in total. The van der Waals surface area contributed by atoms with Crippen LogP contribution in [0, 0.1) is 6.92 Å². The normalized spacial score (nSPS) is 11.0. The number of nitrogens with zero attached hydrogens (tertiary/aromatic N) is 3. The number of para-hydroxylation sites is 1. The van der Waals surface area contributed by atoms with Crippen LogP contribution in [0.1, 0.15) is 5.56 Å². The molecule has 8 heteroatoms. The van der Waals surface area contributed by atoms with E-state index < -0.39 is 0 Å². The van der Waals surface area contributed by atoms with E-state index in [2.05, 4.69) is 20.5 Å². The molecule has 0 aliphatic heterocycles. The molecule has 0 unspecified atom stereocenters. The molecule has 0 fully saturated rings. The lowest BCUT2D eigenvalue weighted by molar-refractivity contribution is -0.113. The van der Waals surface area contributed by atoms with Gasteiger partial charge in [0.15, 0.2) is 11.0 Å². The van der Waals surface area contributed by atoms with Gasteiger partial charge in [-0.2, -0.15) is 0 Å². The van der Waals surface area contributed by atoms with Crippen molar-refractivity contribution in [2.24, 2.45) is 0 Å². The number of H-pyrrole nitrogens is 1. The second kappa shape index (κ2) is 9.44. The van der Waals surface area contributed by atoms with E-state index in [0.29, 0.717) is 11.0 Å². The van der Waals surface area contributed by atoms with Crippen LogP contribution in [0.15, 0.2) is 84.1 Å². The van der Waals surface area contributed by atoms with Crippen molar-refractivity contribution in [2.75, 3.05) is 18.2 Å². The third-order valence-electron chi connectivity index (χ3n) is 5.41. The summed E-state index contributed by atoms with van der Waals surface area (Å²) < 4.78 is 7.40. The number of hydrogen-bond acceptors (Lipinski definition) is 5. The lowest BCUT2D eigenvalue weighted by Crippen LogP contribution is -2.14. The number of aromatic amines is 1. The maximum absolute atomic E-state index is 12.6. The summed E-state index contributed by atoms with van der Waals surface area (Å²) in [6.45, 7) is 1.99. The summed E-state index contributed by atoms with van der Waals surface area (Å²) in [5.41, 5.74) is 4.67. The number of rotatable bonds is 7. The van der Waals surface area contributed by atoms with Crippen molar-refractivity contribution in [3.63, 3.8) is 0 Å². The summed E-state index contributed by atoms with van der Waals surface area (Å²) in [6.07, 6.45) is 1.93. The average molecular weight is 470 g/mol. The molecule has 5 rings (SSSR count). The molecule has 34 heavy (non-hydrogen) atoms. The first-order valence-electron chi connectivity index (χ1n) is 10.8. The number of methoxy groups -OCH3 is 1. The lowest BCUT2D eigenvalue weighted by Gasteiger charge is -2.11. The Bertz CT molecular complexity index is 1470. The number of fused-ring (bicyclic) bond motifs is 1. The number of carbonyl (C=O) groups excluding carboxylic acids is 1. The van der Waals surface area contributed by atoms with E-state index in [1.165, 1.54) is 11.8 Å². The van der Waals surface area contributed by atoms with Crippen molar-refractivity contribution < 1.29 is 9.53 Å². The summed E-state index contributed by atoms with van der Waals surface area (Å²) in [4.78, 5) is 15.9. The summed E-state index contributed by atoms with van der Waals surface area (Å²) in [5.74, 6) is 1.50. The lowest BCUT2D eigenvalue weighted by atomic mass is 10.1. The molecule has 2 aromatic heterocycles. The molecule has 0 bridgehead atoms. The van der Waals surface area contributed by atoms with Gasteiger partial charge in [0.2, 0.25) is 5.91 Å². The number of hydrogen-bond donors (Lipinski definition) is 2. The molecule has 7 nitrogen and oxygen atoms in total. The van der Waals surface area contributed by atoms with Gasteiger partial charge >= 0.3 is 0 Å². The standard InChI is InChI=1S/C26H23N5O2S/c1-17-7-5-8-18(13-17)28-24(32)16-34-26-30-29-25(22-15-27-23-12-4-3-11-21(22)23)31(26)19-9-6-10-20(14-19)33-2/h3-15,27H,16H2,1-2H3,(H,28,32). The molecule has 0 aliphatic carbocycles. The molecule has 170 valence electrons. The first-order valence-corrected chi connectivity index (χ1v) is 11.8. The quantitative estimate of drug-likeness (QED) is 0.309. The molecule has 0 aliphatic rings. The Morgan fingerprint density at radius 2 is 1.91 bits per heavy atom. The van der Waals surface area contributed by atoms with Gasteiger partial charge in [0.05, 0.1) is 18.6 Å². The Hall–Kier alpha value is -4.04. The van der Waals surface area contributed by atoms with Gasteiger partial charge in [0.25, 0.3) is 0 Å². The largest absolute Gasteiger partial charge is 0.497 e. The van der Waals surface area contributed by atoms with Gasteiger partial charge in [-0.25, -0.2) is 0 Å². The van der Waals surface area contributed by atoms with Crippen LogP contribution in [-0.2, 0) is 4.79 Å². The van der Waals surface area contributed by atoms with Crippen molar-refractivity contribution >= 4 is 34.3 Å². The Labute approximate surface area is 201 Å². The fourth-order valence-electron chi connectivity index (χ4n) is 3.83. The molecule has 1 amide bonds. The van der Waals surface area contributed by atoms with Gasteiger partial charge in [-0.15, -0.1) is 10.2 Å². The second-order valence-corrected chi connectivity index (χ2v) is 8.74. The van der Waals surface area contributed by atoms with Crippen molar-refractivity contribution in [3.8, 4) is 22.8 Å². The molecule has 2 heterocycles. The minimum Gasteiger partial charge on any atom is -0.497 e. The van der Waals surface area contributed by atoms with Gasteiger partial charge in [0.1, 0.15) is 5.75 Å². The summed E-state index contributed by atoms with van der Waals surface area (Å²) in [5, 5.41) is 13.6. The van der Waals surface area contributed by atoms with Crippen LogP contribution in [0.2, 0.25) is 0 Å². The van der Waals surface area contributed by atoms with Crippen LogP contribution in [0.4, 0.5) is 5.69 Å². The number of aromatic nitrogens is 4.